The van der Waals surface area contributed by atoms with Gasteiger partial charge in [0.25, 0.3) is 0 Å². The zero-order valence-electron chi connectivity index (χ0n) is 10.7. The maximum atomic E-state index is 12.2. The van der Waals surface area contributed by atoms with Gasteiger partial charge in [0, 0.05) is 11.4 Å². The van der Waals surface area contributed by atoms with E-state index in [4.69, 9.17) is 0 Å². The Kier molecular flexibility index (Phi) is 5.16. The minimum atomic E-state index is -4.21. The van der Waals surface area contributed by atoms with E-state index in [1.807, 2.05) is 0 Å². The summed E-state index contributed by atoms with van der Waals surface area (Å²) in [7, 11) is 0. The van der Waals surface area contributed by atoms with Crippen molar-refractivity contribution in [1.82, 2.24) is 5.32 Å². The second kappa shape index (κ2) is 6.66. The SMILES string of the molecule is FC(F)(F)Sc1ccc(CNCC2CCCC2)cc1. The average Bonchev–Trinajstić information content (AvgIpc) is 2.82. The van der Waals surface area contributed by atoms with Gasteiger partial charge in [-0.2, -0.15) is 13.2 Å². The van der Waals surface area contributed by atoms with Crippen molar-refractivity contribution in [2.24, 2.45) is 5.92 Å². The van der Waals surface area contributed by atoms with E-state index in [0.29, 0.717) is 0 Å². The van der Waals surface area contributed by atoms with Crippen LogP contribution in [0.1, 0.15) is 31.2 Å². The largest absolute Gasteiger partial charge is 0.446 e. The summed E-state index contributed by atoms with van der Waals surface area (Å²) < 4.78 is 36.5. The lowest BCUT2D eigenvalue weighted by Crippen LogP contribution is -2.20. The van der Waals surface area contributed by atoms with E-state index in [-0.39, 0.29) is 16.7 Å². The maximum Gasteiger partial charge on any atom is 0.446 e. The van der Waals surface area contributed by atoms with Crippen LogP contribution in [0.3, 0.4) is 0 Å². The molecule has 0 aromatic heterocycles. The molecule has 5 heteroatoms. The predicted molar refractivity (Wildman–Crippen MR) is 72.0 cm³/mol. The molecule has 0 amide bonds. The highest BCUT2D eigenvalue weighted by Crippen LogP contribution is 2.36. The van der Waals surface area contributed by atoms with Gasteiger partial charge >= 0.3 is 5.51 Å². The highest BCUT2D eigenvalue weighted by molar-refractivity contribution is 8.00. The Morgan fingerprint density at radius 3 is 2.32 bits per heavy atom. The zero-order chi connectivity index (χ0) is 13.7. The van der Waals surface area contributed by atoms with Crippen molar-refractivity contribution < 1.29 is 13.2 Å². The summed E-state index contributed by atoms with van der Waals surface area (Å²) in [6, 6.07) is 6.58. The molecule has 1 aliphatic carbocycles. The molecule has 106 valence electrons. The summed E-state index contributed by atoms with van der Waals surface area (Å²) in [5, 5.41) is 3.38. The highest BCUT2D eigenvalue weighted by Gasteiger charge is 2.28. The second-order valence-electron chi connectivity index (χ2n) is 4.97. The van der Waals surface area contributed by atoms with Crippen molar-refractivity contribution >= 4 is 11.8 Å². The van der Waals surface area contributed by atoms with E-state index in [1.165, 1.54) is 37.8 Å². The third-order valence-corrected chi connectivity index (χ3v) is 4.13. The molecule has 0 spiro atoms. The molecule has 0 radical (unpaired) electrons. The molecule has 1 saturated carbocycles. The Bertz CT molecular complexity index is 383. The number of hydrogen-bond donors (Lipinski definition) is 1. The molecule has 0 atom stereocenters. The molecule has 0 saturated heterocycles. The number of alkyl halides is 3. The van der Waals surface area contributed by atoms with Gasteiger partial charge < -0.3 is 5.32 Å². The number of hydrogen-bond acceptors (Lipinski definition) is 2. The number of nitrogens with one attached hydrogen (secondary N) is 1. The molecule has 0 aliphatic heterocycles. The number of halogens is 3. The van der Waals surface area contributed by atoms with Crippen molar-refractivity contribution in [3.8, 4) is 0 Å². The fraction of sp³-hybridized carbons (Fsp3) is 0.571. The van der Waals surface area contributed by atoms with E-state index in [9.17, 15) is 13.2 Å². The molecular formula is C14H18F3NS. The Morgan fingerprint density at radius 2 is 1.74 bits per heavy atom. The first-order valence-corrected chi connectivity index (χ1v) is 7.40. The number of thioether (sulfide) groups is 1. The van der Waals surface area contributed by atoms with Crippen molar-refractivity contribution in [2.75, 3.05) is 6.54 Å². The average molecular weight is 289 g/mol. The van der Waals surface area contributed by atoms with Gasteiger partial charge in [0.1, 0.15) is 0 Å². The van der Waals surface area contributed by atoms with Crippen LogP contribution in [-0.4, -0.2) is 12.1 Å². The van der Waals surface area contributed by atoms with Crippen molar-refractivity contribution in [1.29, 1.82) is 0 Å². The third kappa shape index (κ3) is 5.45. The van der Waals surface area contributed by atoms with E-state index in [2.05, 4.69) is 5.32 Å². The molecule has 1 aromatic carbocycles. The number of benzene rings is 1. The number of rotatable bonds is 5. The first kappa shape index (κ1) is 14.7. The molecule has 0 bridgehead atoms. The molecule has 19 heavy (non-hydrogen) atoms. The summed E-state index contributed by atoms with van der Waals surface area (Å²) >= 11 is -0.0667. The van der Waals surface area contributed by atoms with Crippen LogP contribution in [0.25, 0.3) is 0 Å². The van der Waals surface area contributed by atoms with Gasteiger partial charge in [-0.1, -0.05) is 25.0 Å². The first-order valence-electron chi connectivity index (χ1n) is 6.58. The summed E-state index contributed by atoms with van der Waals surface area (Å²) in [6.45, 7) is 1.74. The van der Waals surface area contributed by atoms with Gasteiger partial charge in [0.05, 0.1) is 0 Å². The van der Waals surface area contributed by atoms with E-state index in [0.717, 1.165) is 24.6 Å². The Labute approximate surface area is 116 Å². The normalized spacial score (nSPS) is 17.0. The summed E-state index contributed by atoms with van der Waals surface area (Å²) in [6.07, 6.45) is 5.26. The molecule has 0 unspecified atom stereocenters. The standard InChI is InChI=1S/C14H18F3NS/c15-14(16,17)19-13-7-5-12(6-8-13)10-18-9-11-3-1-2-4-11/h5-8,11,18H,1-4,9-10H2. The zero-order valence-corrected chi connectivity index (χ0v) is 11.5. The summed E-state index contributed by atoms with van der Waals surface area (Å²) in [5.41, 5.74) is -3.17. The van der Waals surface area contributed by atoms with Crippen LogP contribution in [0.2, 0.25) is 0 Å². The maximum absolute atomic E-state index is 12.2. The second-order valence-corrected chi connectivity index (χ2v) is 6.11. The molecular weight excluding hydrogens is 271 g/mol. The molecule has 1 aromatic rings. The van der Waals surface area contributed by atoms with Gasteiger partial charge in [0.15, 0.2) is 0 Å². The molecule has 1 nitrogen and oxygen atoms in total. The van der Waals surface area contributed by atoms with Crippen LogP contribution >= 0.6 is 11.8 Å². The van der Waals surface area contributed by atoms with Crippen LogP contribution in [0.5, 0.6) is 0 Å². The minimum absolute atomic E-state index is 0.0667. The Morgan fingerprint density at radius 1 is 1.11 bits per heavy atom. The fourth-order valence-electron chi connectivity index (χ4n) is 2.44. The first-order chi connectivity index (χ1) is 9.03. The van der Waals surface area contributed by atoms with Crippen molar-refractivity contribution in [3.63, 3.8) is 0 Å². The van der Waals surface area contributed by atoms with Gasteiger partial charge in [0.2, 0.25) is 0 Å². The third-order valence-electron chi connectivity index (χ3n) is 3.39. The van der Waals surface area contributed by atoms with E-state index < -0.39 is 5.51 Å². The topological polar surface area (TPSA) is 12.0 Å². The van der Waals surface area contributed by atoms with Crippen LogP contribution < -0.4 is 5.32 Å². The smallest absolute Gasteiger partial charge is 0.312 e. The van der Waals surface area contributed by atoms with Gasteiger partial charge in [-0.15, -0.1) is 0 Å². The van der Waals surface area contributed by atoms with Gasteiger partial charge in [-0.25, -0.2) is 0 Å². The lowest BCUT2D eigenvalue weighted by Gasteiger charge is -2.11. The molecule has 2 rings (SSSR count). The minimum Gasteiger partial charge on any atom is -0.312 e. The highest BCUT2D eigenvalue weighted by atomic mass is 32.2. The lowest BCUT2D eigenvalue weighted by molar-refractivity contribution is -0.0328. The van der Waals surface area contributed by atoms with E-state index >= 15 is 0 Å². The lowest BCUT2D eigenvalue weighted by atomic mass is 10.1. The summed E-state index contributed by atoms with van der Waals surface area (Å²) in [5.74, 6) is 0.778. The van der Waals surface area contributed by atoms with Crippen LogP contribution in [0.4, 0.5) is 13.2 Å². The van der Waals surface area contributed by atoms with Gasteiger partial charge in [-0.3, -0.25) is 0 Å². The Hall–Kier alpha value is -0.680. The predicted octanol–water partition coefficient (Wildman–Crippen LogP) is 4.58. The monoisotopic (exact) mass is 289 g/mol. The summed E-state index contributed by atoms with van der Waals surface area (Å²) in [4.78, 5) is 0.243. The molecule has 1 N–H and O–H groups in total. The molecule has 1 aliphatic rings. The van der Waals surface area contributed by atoms with E-state index in [1.54, 1.807) is 12.1 Å². The fourth-order valence-corrected chi connectivity index (χ4v) is 2.98. The Balaban J connectivity index is 1.75. The van der Waals surface area contributed by atoms with Crippen molar-refractivity contribution in [2.45, 2.75) is 42.6 Å². The molecule has 1 fully saturated rings. The molecule has 0 heterocycles. The van der Waals surface area contributed by atoms with Crippen LogP contribution in [-0.2, 0) is 6.54 Å². The van der Waals surface area contributed by atoms with Gasteiger partial charge in [-0.05, 0) is 54.8 Å². The van der Waals surface area contributed by atoms with Crippen LogP contribution in [0.15, 0.2) is 29.2 Å². The van der Waals surface area contributed by atoms with Crippen LogP contribution in [0, 0.1) is 5.92 Å². The quantitative estimate of drug-likeness (QED) is 0.796. The van der Waals surface area contributed by atoms with Crippen molar-refractivity contribution in [3.05, 3.63) is 29.8 Å².